The molecule has 0 saturated carbocycles. The van der Waals surface area contributed by atoms with Crippen molar-refractivity contribution in [3.8, 4) is 11.5 Å². The molecule has 4 nitrogen and oxygen atoms in total. The first kappa shape index (κ1) is 13.4. The third-order valence-corrected chi connectivity index (χ3v) is 2.85. The normalized spacial score (nSPS) is 10.2. The molecule has 2 aromatic rings. The standard InChI is InChI=1S/C14H13ClN2O2/c15-12-7-10(14(16)17)4-5-13(12)19-11-3-1-2-9(6-11)8-18/h1-7,18H,8H2,(H3,16,17). The SMILES string of the molecule is N=C(N)c1ccc(Oc2cccc(CO)c2)c(Cl)c1. The highest BCUT2D eigenvalue weighted by Gasteiger charge is 2.06. The Hall–Kier alpha value is -2.04. The fourth-order valence-electron chi connectivity index (χ4n) is 1.59. The van der Waals surface area contributed by atoms with Crippen LogP contribution in [-0.4, -0.2) is 10.9 Å². The van der Waals surface area contributed by atoms with Gasteiger partial charge in [0.15, 0.2) is 0 Å². The van der Waals surface area contributed by atoms with Gasteiger partial charge in [-0.3, -0.25) is 5.41 Å². The summed E-state index contributed by atoms with van der Waals surface area (Å²) in [4.78, 5) is 0. The van der Waals surface area contributed by atoms with Crippen LogP contribution in [0.4, 0.5) is 0 Å². The molecule has 0 saturated heterocycles. The topological polar surface area (TPSA) is 79.3 Å². The van der Waals surface area contributed by atoms with E-state index in [1.54, 1.807) is 42.5 Å². The van der Waals surface area contributed by atoms with Gasteiger partial charge in [0.25, 0.3) is 0 Å². The van der Waals surface area contributed by atoms with Gasteiger partial charge in [0.2, 0.25) is 0 Å². The molecule has 0 aliphatic heterocycles. The third kappa shape index (κ3) is 3.24. The van der Waals surface area contributed by atoms with Crippen LogP contribution in [0, 0.1) is 5.41 Å². The number of amidine groups is 1. The van der Waals surface area contributed by atoms with Crippen LogP contribution in [0.2, 0.25) is 5.02 Å². The van der Waals surface area contributed by atoms with Crippen molar-refractivity contribution in [2.75, 3.05) is 0 Å². The summed E-state index contributed by atoms with van der Waals surface area (Å²) >= 11 is 6.07. The Kier molecular flexibility index (Phi) is 4.04. The van der Waals surface area contributed by atoms with E-state index in [2.05, 4.69) is 0 Å². The Morgan fingerprint density at radius 3 is 2.68 bits per heavy atom. The summed E-state index contributed by atoms with van der Waals surface area (Å²) in [6.45, 7) is -0.0474. The molecule has 0 fully saturated rings. The Morgan fingerprint density at radius 1 is 1.26 bits per heavy atom. The second kappa shape index (κ2) is 5.73. The van der Waals surface area contributed by atoms with Gasteiger partial charge in [0.1, 0.15) is 17.3 Å². The maximum atomic E-state index is 9.06. The largest absolute Gasteiger partial charge is 0.456 e. The van der Waals surface area contributed by atoms with Crippen molar-refractivity contribution >= 4 is 17.4 Å². The molecule has 5 heteroatoms. The van der Waals surface area contributed by atoms with Crippen LogP contribution in [0.1, 0.15) is 11.1 Å². The number of aliphatic hydroxyl groups excluding tert-OH is 1. The van der Waals surface area contributed by atoms with E-state index in [-0.39, 0.29) is 12.4 Å². The lowest BCUT2D eigenvalue weighted by Crippen LogP contribution is -2.10. The van der Waals surface area contributed by atoms with Gasteiger partial charge in [0, 0.05) is 5.56 Å². The molecule has 0 aliphatic rings. The molecule has 2 rings (SSSR count). The second-order valence-corrected chi connectivity index (χ2v) is 4.37. The summed E-state index contributed by atoms with van der Waals surface area (Å²) < 4.78 is 5.63. The van der Waals surface area contributed by atoms with E-state index in [1.807, 2.05) is 0 Å². The number of nitrogen functional groups attached to an aromatic ring is 1. The predicted molar refractivity (Wildman–Crippen MR) is 74.9 cm³/mol. The van der Waals surface area contributed by atoms with E-state index >= 15 is 0 Å². The molecule has 0 radical (unpaired) electrons. The molecule has 0 heterocycles. The van der Waals surface area contributed by atoms with Crippen LogP contribution in [-0.2, 0) is 6.61 Å². The molecule has 0 bridgehead atoms. The molecule has 4 N–H and O–H groups in total. The Morgan fingerprint density at radius 2 is 2.05 bits per heavy atom. The molecule has 0 amide bonds. The molecular weight excluding hydrogens is 264 g/mol. The molecule has 0 aliphatic carbocycles. The number of rotatable bonds is 4. The fourth-order valence-corrected chi connectivity index (χ4v) is 1.80. The Balaban J connectivity index is 2.25. The first-order valence-corrected chi connectivity index (χ1v) is 5.99. The van der Waals surface area contributed by atoms with Crippen molar-refractivity contribution in [1.29, 1.82) is 5.41 Å². The zero-order valence-electron chi connectivity index (χ0n) is 10.1. The Bertz CT molecular complexity index is 614. The van der Waals surface area contributed by atoms with E-state index < -0.39 is 0 Å². The summed E-state index contributed by atoms with van der Waals surface area (Å²) in [5.74, 6) is 1.02. The summed E-state index contributed by atoms with van der Waals surface area (Å²) in [6, 6.07) is 12.0. The van der Waals surface area contributed by atoms with Crippen LogP contribution in [0.3, 0.4) is 0 Å². The van der Waals surface area contributed by atoms with Crippen molar-refractivity contribution < 1.29 is 9.84 Å². The summed E-state index contributed by atoms with van der Waals surface area (Å²) in [6.07, 6.45) is 0. The fraction of sp³-hybridized carbons (Fsp3) is 0.0714. The number of hydrogen-bond acceptors (Lipinski definition) is 3. The highest BCUT2D eigenvalue weighted by molar-refractivity contribution is 6.32. The lowest BCUT2D eigenvalue weighted by Gasteiger charge is -2.09. The molecule has 0 atom stereocenters. The van der Waals surface area contributed by atoms with E-state index in [4.69, 9.17) is 32.6 Å². The van der Waals surface area contributed by atoms with Gasteiger partial charge in [-0.05, 0) is 35.9 Å². The number of benzene rings is 2. The maximum Gasteiger partial charge on any atom is 0.146 e. The predicted octanol–water partition coefficient (Wildman–Crippen LogP) is 2.91. The summed E-state index contributed by atoms with van der Waals surface area (Å²) in [5, 5.41) is 16.8. The van der Waals surface area contributed by atoms with Crippen molar-refractivity contribution in [1.82, 2.24) is 0 Å². The number of halogens is 1. The first-order valence-electron chi connectivity index (χ1n) is 5.62. The van der Waals surface area contributed by atoms with Gasteiger partial charge >= 0.3 is 0 Å². The zero-order chi connectivity index (χ0) is 13.8. The number of aliphatic hydroxyl groups is 1. The average molecular weight is 277 g/mol. The van der Waals surface area contributed by atoms with Gasteiger partial charge in [-0.25, -0.2) is 0 Å². The van der Waals surface area contributed by atoms with Gasteiger partial charge < -0.3 is 15.6 Å². The number of nitrogens with one attached hydrogen (secondary N) is 1. The summed E-state index contributed by atoms with van der Waals surface area (Å²) in [5.41, 5.74) is 6.68. The highest BCUT2D eigenvalue weighted by Crippen LogP contribution is 2.30. The van der Waals surface area contributed by atoms with E-state index in [9.17, 15) is 0 Å². The molecular formula is C14H13ClN2O2. The molecule has 0 unspecified atom stereocenters. The molecule has 19 heavy (non-hydrogen) atoms. The zero-order valence-corrected chi connectivity index (χ0v) is 10.8. The third-order valence-electron chi connectivity index (χ3n) is 2.55. The van der Waals surface area contributed by atoms with E-state index in [1.165, 1.54) is 0 Å². The van der Waals surface area contributed by atoms with Crippen molar-refractivity contribution in [3.05, 3.63) is 58.6 Å². The quantitative estimate of drug-likeness (QED) is 0.593. The minimum atomic E-state index is -0.0474. The first-order chi connectivity index (χ1) is 9.10. The van der Waals surface area contributed by atoms with E-state index in [0.717, 1.165) is 5.56 Å². The van der Waals surface area contributed by atoms with Gasteiger partial charge in [-0.1, -0.05) is 23.7 Å². The number of hydrogen-bond donors (Lipinski definition) is 3. The average Bonchev–Trinajstić information content (AvgIpc) is 2.41. The van der Waals surface area contributed by atoms with Crippen molar-refractivity contribution in [2.45, 2.75) is 6.61 Å². The van der Waals surface area contributed by atoms with Crippen LogP contribution < -0.4 is 10.5 Å². The number of nitrogens with two attached hydrogens (primary N) is 1. The molecule has 98 valence electrons. The van der Waals surface area contributed by atoms with Gasteiger partial charge in [-0.15, -0.1) is 0 Å². The van der Waals surface area contributed by atoms with Gasteiger partial charge in [-0.2, -0.15) is 0 Å². The summed E-state index contributed by atoms with van der Waals surface area (Å²) in [7, 11) is 0. The Labute approximate surface area is 115 Å². The molecule has 0 aromatic heterocycles. The number of ether oxygens (including phenoxy) is 1. The maximum absolute atomic E-state index is 9.06. The van der Waals surface area contributed by atoms with Crippen LogP contribution in [0.15, 0.2) is 42.5 Å². The minimum Gasteiger partial charge on any atom is -0.456 e. The molecule has 2 aromatic carbocycles. The second-order valence-electron chi connectivity index (χ2n) is 3.97. The lowest BCUT2D eigenvalue weighted by molar-refractivity contribution is 0.281. The van der Waals surface area contributed by atoms with Gasteiger partial charge in [0.05, 0.1) is 11.6 Å². The van der Waals surface area contributed by atoms with Crippen LogP contribution >= 0.6 is 11.6 Å². The lowest BCUT2D eigenvalue weighted by atomic mass is 10.2. The minimum absolute atomic E-state index is 0.0456. The van der Waals surface area contributed by atoms with Crippen LogP contribution in [0.25, 0.3) is 0 Å². The van der Waals surface area contributed by atoms with Crippen molar-refractivity contribution in [2.24, 2.45) is 5.73 Å². The molecule has 0 spiro atoms. The monoisotopic (exact) mass is 276 g/mol. The smallest absolute Gasteiger partial charge is 0.146 e. The highest BCUT2D eigenvalue weighted by atomic mass is 35.5. The van der Waals surface area contributed by atoms with Crippen LogP contribution in [0.5, 0.6) is 11.5 Å². The van der Waals surface area contributed by atoms with E-state index in [0.29, 0.717) is 22.1 Å². The van der Waals surface area contributed by atoms with Crippen molar-refractivity contribution in [3.63, 3.8) is 0 Å².